The molecule has 5 aromatic rings. The Bertz CT molecular complexity index is 1940. The van der Waals surface area contributed by atoms with Gasteiger partial charge in [-0.25, -0.2) is 14.3 Å². The number of rotatable bonds is 7. The number of aryl methyl sites for hydroxylation is 1. The van der Waals surface area contributed by atoms with E-state index in [0.29, 0.717) is 37.3 Å². The summed E-state index contributed by atoms with van der Waals surface area (Å²) in [6.45, 7) is 7.73. The molecule has 5 heterocycles. The van der Waals surface area contributed by atoms with E-state index in [9.17, 15) is 20.0 Å². The minimum atomic E-state index is -1.06. The van der Waals surface area contributed by atoms with E-state index in [-0.39, 0.29) is 12.3 Å². The van der Waals surface area contributed by atoms with E-state index in [4.69, 9.17) is 4.98 Å². The zero-order valence-electron chi connectivity index (χ0n) is 26.9. The maximum absolute atomic E-state index is 13.6. The number of nitrogens with zero attached hydrogens (tertiary/aromatic N) is 9. The van der Waals surface area contributed by atoms with E-state index in [1.54, 1.807) is 27.8 Å². The van der Waals surface area contributed by atoms with Crippen LogP contribution >= 0.6 is 0 Å². The van der Waals surface area contributed by atoms with Gasteiger partial charge in [0.15, 0.2) is 0 Å². The fourth-order valence-electron chi connectivity index (χ4n) is 6.28. The molecule has 0 radical (unpaired) electrons. The molecule has 0 aliphatic carbocycles. The second kappa shape index (κ2) is 12.6. The molecule has 0 saturated carbocycles. The van der Waals surface area contributed by atoms with Gasteiger partial charge in [-0.3, -0.25) is 14.4 Å². The molecular weight excluding hydrogens is 594 g/mol. The molecule has 47 heavy (non-hydrogen) atoms. The van der Waals surface area contributed by atoms with Gasteiger partial charge < -0.3 is 14.9 Å². The van der Waals surface area contributed by atoms with E-state index >= 15 is 0 Å². The van der Waals surface area contributed by atoms with Gasteiger partial charge in [-0.05, 0) is 44.5 Å². The number of hydrogen-bond acceptors (Lipinski definition) is 7. The number of nitriles is 1. The van der Waals surface area contributed by atoms with Gasteiger partial charge in [0.1, 0.15) is 11.9 Å². The first-order chi connectivity index (χ1) is 22.5. The fourth-order valence-corrected chi connectivity index (χ4v) is 6.28. The van der Waals surface area contributed by atoms with Crippen molar-refractivity contribution in [1.29, 1.82) is 5.26 Å². The lowest BCUT2D eigenvalue weighted by molar-refractivity contribution is -0.133. The molecule has 2 amide bonds. The minimum absolute atomic E-state index is 0.0619. The summed E-state index contributed by atoms with van der Waals surface area (Å²) in [5.41, 5.74) is 4.84. The lowest BCUT2D eigenvalue weighted by atomic mass is 9.95. The monoisotopic (exact) mass is 631 g/mol. The fraction of sp³-hybridized carbons (Fsp3) is 0.314. The van der Waals surface area contributed by atoms with E-state index in [2.05, 4.69) is 21.2 Å². The van der Waals surface area contributed by atoms with Crippen LogP contribution in [0.25, 0.3) is 27.8 Å². The Hall–Kier alpha value is -5.70. The standard InChI is InChI=1S/C35H37N9O3/c1-35(2,3)44(34(46)47)30(24-8-6-5-7-9-24)17-32(45)42-14-12-41(13-15-42)31-11-10-25(19-37-31)29-16-26(28-21-38-40(4)22-28)23-43-33(29)27(18-36)20-39-43/h5-11,16,19-23,30H,12-15,17H2,1-4H3,(H,46,47)/t30-/m0/s1. The molecule has 12 nitrogen and oxygen atoms in total. The van der Waals surface area contributed by atoms with Crippen LogP contribution in [0.1, 0.15) is 44.4 Å². The lowest BCUT2D eigenvalue weighted by Gasteiger charge is -2.41. The van der Waals surface area contributed by atoms with Crippen molar-refractivity contribution in [3.8, 4) is 28.3 Å². The van der Waals surface area contributed by atoms with E-state index in [0.717, 1.165) is 33.6 Å². The number of hydrogen-bond donors (Lipinski definition) is 1. The molecule has 4 aromatic heterocycles. The van der Waals surface area contributed by atoms with Crippen LogP contribution in [0.2, 0.25) is 0 Å². The largest absolute Gasteiger partial charge is 0.465 e. The molecule has 0 unspecified atom stereocenters. The van der Waals surface area contributed by atoms with Crippen molar-refractivity contribution in [3.63, 3.8) is 0 Å². The van der Waals surface area contributed by atoms with Crippen LogP contribution in [0.5, 0.6) is 0 Å². The molecule has 1 atom stereocenters. The number of carboxylic acid groups (broad SMARTS) is 1. The number of carbonyl (C=O) groups excluding carboxylic acids is 1. The topological polar surface area (TPSA) is 136 Å². The van der Waals surface area contributed by atoms with Crippen molar-refractivity contribution >= 4 is 23.3 Å². The molecule has 6 rings (SSSR count). The highest BCUT2D eigenvalue weighted by Gasteiger charge is 2.36. The number of anilines is 1. The van der Waals surface area contributed by atoms with Gasteiger partial charge in [0.25, 0.3) is 0 Å². The van der Waals surface area contributed by atoms with Crippen molar-refractivity contribution in [2.75, 3.05) is 31.1 Å². The first-order valence-electron chi connectivity index (χ1n) is 15.5. The molecular formula is C35H37N9O3. The van der Waals surface area contributed by atoms with Crippen molar-refractivity contribution in [3.05, 3.63) is 90.6 Å². The maximum Gasteiger partial charge on any atom is 0.408 e. The number of piperazine rings is 1. The molecule has 0 spiro atoms. The van der Waals surface area contributed by atoms with E-state index in [1.807, 2.05) is 93.6 Å². The summed E-state index contributed by atoms with van der Waals surface area (Å²) in [6.07, 6.45) is 8.00. The summed E-state index contributed by atoms with van der Waals surface area (Å²) < 4.78 is 3.46. The molecule has 1 saturated heterocycles. The van der Waals surface area contributed by atoms with Crippen LogP contribution in [0.3, 0.4) is 0 Å². The highest BCUT2D eigenvalue weighted by molar-refractivity contribution is 5.87. The first kappa shape index (κ1) is 31.3. The van der Waals surface area contributed by atoms with Crippen molar-refractivity contribution in [2.24, 2.45) is 7.05 Å². The Morgan fingerprint density at radius 3 is 2.30 bits per heavy atom. The summed E-state index contributed by atoms with van der Waals surface area (Å²) in [5.74, 6) is 0.713. The molecule has 240 valence electrons. The van der Waals surface area contributed by atoms with Gasteiger partial charge in [0, 0.05) is 79.6 Å². The van der Waals surface area contributed by atoms with Gasteiger partial charge in [-0.15, -0.1) is 0 Å². The highest BCUT2D eigenvalue weighted by Crippen LogP contribution is 2.34. The van der Waals surface area contributed by atoms with Crippen LogP contribution in [-0.2, 0) is 11.8 Å². The number of aromatic nitrogens is 5. The predicted octanol–water partition coefficient (Wildman–Crippen LogP) is 5.23. The second-order valence-corrected chi connectivity index (χ2v) is 12.7. The number of benzene rings is 1. The number of pyridine rings is 2. The van der Waals surface area contributed by atoms with E-state index in [1.165, 1.54) is 4.90 Å². The average Bonchev–Trinajstić information content (AvgIpc) is 3.69. The van der Waals surface area contributed by atoms with Gasteiger partial charge in [-0.2, -0.15) is 15.5 Å². The Morgan fingerprint density at radius 1 is 0.957 bits per heavy atom. The Morgan fingerprint density at radius 2 is 1.70 bits per heavy atom. The Labute approximate surface area is 273 Å². The lowest BCUT2D eigenvalue weighted by Crippen LogP contribution is -2.51. The van der Waals surface area contributed by atoms with Gasteiger partial charge >= 0.3 is 6.09 Å². The summed E-state index contributed by atoms with van der Waals surface area (Å²) in [4.78, 5) is 36.1. The van der Waals surface area contributed by atoms with Crippen LogP contribution in [0.15, 0.2) is 79.5 Å². The van der Waals surface area contributed by atoms with Gasteiger partial charge in [0.05, 0.1) is 35.9 Å². The van der Waals surface area contributed by atoms with Crippen molar-refractivity contribution in [1.82, 2.24) is 34.2 Å². The first-order valence-corrected chi connectivity index (χ1v) is 15.5. The third kappa shape index (κ3) is 6.37. The van der Waals surface area contributed by atoms with Crippen LogP contribution < -0.4 is 4.90 Å². The number of carbonyl (C=O) groups is 2. The van der Waals surface area contributed by atoms with Crippen LogP contribution in [0.4, 0.5) is 10.6 Å². The summed E-state index contributed by atoms with van der Waals surface area (Å²) in [7, 11) is 1.87. The Balaban J connectivity index is 1.18. The van der Waals surface area contributed by atoms with Gasteiger partial charge in [0.2, 0.25) is 5.91 Å². The summed E-state index contributed by atoms with van der Waals surface area (Å²) >= 11 is 0. The molecule has 1 aliphatic heterocycles. The minimum Gasteiger partial charge on any atom is -0.465 e. The van der Waals surface area contributed by atoms with Crippen molar-refractivity contribution < 1.29 is 14.7 Å². The third-order valence-electron chi connectivity index (χ3n) is 8.58. The number of fused-ring (bicyclic) bond motifs is 1. The van der Waals surface area contributed by atoms with Crippen LogP contribution in [-0.4, -0.2) is 83.0 Å². The Kier molecular flexibility index (Phi) is 8.38. The molecule has 1 N–H and O–H groups in total. The van der Waals surface area contributed by atoms with Crippen LogP contribution in [0, 0.1) is 11.3 Å². The molecule has 1 aliphatic rings. The maximum atomic E-state index is 13.6. The zero-order valence-corrected chi connectivity index (χ0v) is 26.9. The number of amides is 2. The highest BCUT2D eigenvalue weighted by atomic mass is 16.4. The van der Waals surface area contributed by atoms with Gasteiger partial charge in [-0.1, -0.05) is 30.3 Å². The van der Waals surface area contributed by atoms with E-state index < -0.39 is 17.7 Å². The molecule has 1 aromatic carbocycles. The average molecular weight is 632 g/mol. The third-order valence-corrected chi connectivity index (χ3v) is 8.58. The SMILES string of the molecule is Cn1cc(-c2cc(-c3ccc(N4CCN(C(=O)C[C@@H](c5ccccc5)N(C(=O)O)C(C)(C)C)CC4)nc3)c3c(C#N)cnn3c2)cn1. The quantitative estimate of drug-likeness (QED) is 0.258. The predicted molar refractivity (Wildman–Crippen MR) is 178 cm³/mol. The zero-order chi connectivity index (χ0) is 33.3. The smallest absolute Gasteiger partial charge is 0.408 e. The summed E-state index contributed by atoms with van der Waals surface area (Å²) in [5, 5.41) is 28.6. The normalized spacial score (nSPS) is 14.2. The van der Waals surface area contributed by atoms with Crippen molar-refractivity contribution in [2.45, 2.75) is 38.8 Å². The molecule has 12 heteroatoms. The second-order valence-electron chi connectivity index (χ2n) is 12.7. The summed E-state index contributed by atoms with van der Waals surface area (Å²) in [6, 6.07) is 17.0. The molecule has 0 bridgehead atoms. The molecule has 1 fully saturated rings.